The van der Waals surface area contributed by atoms with E-state index in [0.29, 0.717) is 12.1 Å². The molecule has 16 heavy (non-hydrogen) atoms. The summed E-state index contributed by atoms with van der Waals surface area (Å²) in [5, 5.41) is 0. The molecule has 1 aliphatic rings. The lowest BCUT2D eigenvalue weighted by Crippen LogP contribution is -2.44. The Balaban J connectivity index is 2.01. The summed E-state index contributed by atoms with van der Waals surface area (Å²) in [4.78, 5) is 2.50. The molecule has 1 aliphatic heterocycles. The number of hydrogen-bond acceptors (Lipinski definition) is 3. The van der Waals surface area contributed by atoms with Gasteiger partial charge in [-0.25, -0.2) is 0 Å². The summed E-state index contributed by atoms with van der Waals surface area (Å²) in [6, 6.07) is 0.571. The van der Waals surface area contributed by atoms with Crippen LogP contribution in [-0.4, -0.2) is 50.0 Å². The lowest BCUT2D eigenvalue weighted by molar-refractivity contribution is -0.00831. The number of morpholine rings is 1. The van der Waals surface area contributed by atoms with Crippen molar-refractivity contribution in [1.29, 1.82) is 0 Å². The van der Waals surface area contributed by atoms with Gasteiger partial charge < -0.3 is 9.47 Å². The van der Waals surface area contributed by atoms with E-state index in [0.717, 1.165) is 39.3 Å². The minimum Gasteiger partial charge on any atom is -0.379 e. The van der Waals surface area contributed by atoms with Crippen LogP contribution >= 0.6 is 0 Å². The first-order valence-electron chi connectivity index (χ1n) is 6.67. The zero-order chi connectivity index (χ0) is 11.8. The van der Waals surface area contributed by atoms with Crippen molar-refractivity contribution in [2.45, 2.75) is 52.2 Å². The van der Waals surface area contributed by atoms with Crippen LogP contribution in [0.2, 0.25) is 0 Å². The molecule has 1 unspecified atom stereocenters. The fraction of sp³-hybridized carbons (Fsp3) is 1.00. The molecule has 3 nitrogen and oxygen atoms in total. The molecule has 0 amide bonds. The van der Waals surface area contributed by atoms with E-state index in [1.807, 2.05) is 0 Å². The molecule has 0 aliphatic carbocycles. The smallest absolute Gasteiger partial charge is 0.0619 e. The van der Waals surface area contributed by atoms with Crippen LogP contribution in [0.4, 0.5) is 0 Å². The van der Waals surface area contributed by atoms with Crippen molar-refractivity contribution in [3.63, 3.8) is 0 Å². The maximum Gasteiger partial charge on any atom is 0.0619 e. The van der Waals surface area contributed by atoms with E-state index in [9.17, 15) is 0 Å². The highest BCUT2D eigenvalue weighted by Gasteiger charge is 2.17. The average Bonchev–Trinajstić information content (AvgIpc) is 2.27. The van der Waals surface area contributed by atoms with E-state index in [1.54, 1.807) is 0 Å². The Bertz CT molecular complexity index is 175. The maximum absolute atomic E-state index is 5.75. The van der Waals surface area contributed by atoms with Gasteiger partial charge in [0.1, 0.15) is 0 Å². The second-order valence-electron chi connectivity index (χ2n) is 4.78. The quantitative estimate of drug-likeness (QED) is 0.625. The molecule has 0 aromatic carbocycles. The highest BCUT2D eigenvalue weighted by atomic mass is 16.5. The first-order valence-corrected chi connectivity index (χ1v) is 6.67. The summed E-state index contributed by atoms with van der Waals surface area (Å²) in [6.07, 6.45) is 3.95. The summed E-state index contributed by atoms with van der Waals surface area (Å²) in [6.45, 7) is 11.5. The predicted molar refractivity (Wildman–Crippen MR) is 66.8 cm³/mol. The normalized spacial score (nSPS) is 24.6. The number of ether oxygens (including phenoxy) is 2. The summed E-state index contributed by atoms with van der Waals surface area (Å²) >= 11 is 0. The molecule has 0 saturated carbocycles. The van der Waals surface area contributed by atoms with E-state index >= 15 is 0 Å². The van der Waals surface area contributed by atoms with Gasteiger partial charge in [0.25, 0.3) is 0 Å². The molecule has 0 aromatic heterocycles. The van der Waals surface area contributed by atoms with E-state index in [1.165, 1.54) is 12.8 Å². The van der Waals surface area contributed by atoms with Gasteiger partial charge in [-0.2, -0.15) is 0 Å². The van der Waals surface area contributed by atoms with Crippen molar-refractivity contribution in [2.75, 3.05) is 32.9 Å². The minimum atomic E-state index is 0.423. The van der Waals surface area contributed by atoms with Crippen molar-refractivity contribution >= 4 is 0 Å². The van der Waals surface area contributed by atoms with E-state index in [2.05, 4.69) is 25.7 Å². The molecule has 96 valence electrons. The first kappa shape index (κ1) is 13.9. The van der Waals surface area contributed by atoms with Crippen molar-refractivity contribution in [3.8, 4) is 0 Å². The fourth-order valence-electron chi connectivity index (χ4n) is 2.14. The van der Waals surface area contributed by atoms with Crippen LogP contribution in [0.3, 0.4) is 0 Å². The fourth-order valence-corrected chi connectivity index (χ4v) is 2.14. The van der Waals surface area contributed by atoms with Crippen molar-refractivity contribution < 1.29 is 9.47 Å². The van der Waals surface area contributed by atoms with Gasteiger partial charge in [-0.3, -0.25) is 4.90 Å². The topological polar surface area (TPSA) is 21.7 Å². The van der Waals surface area contributed by atoms with Crippen LogP contribution in [0.5, 0.6) is 0 Å². The van der Waals surface area contributed by atoms with Crippen LogP contribution in [0, 0.1) is 0 Å². The van der Waals surface area contributed by atoms with Crippen LogP contribution in [0.25, 0.3) is 0 Å². The Morgan fingerprint density at radius 1 is 1.50 bits per heavy atom. The van der Waals surface area contributed by atoms with Gasteiger partial charge in [0.05, 0.1) is 19.3 Å². The number of hydrogen-bond donors (Lipinski definition) is 0. The van der Waals surface area contributed by atoms with E-state index in [4.69, 9.17) is 9.47 Å². The predicted octanol–water partition coefficient (Wildman–Crippen LogP) is 2.30. The Morgan fingerprint density at radius 3 is 3.00 bits per heavy atom. The Labute approximate surface area is 100 Å². The van der Waals surface area contributed by atoms with Gasteiger partial charge in [0, 0.05) is 25.7 Å². The molecule has 2 atom stereocenters. The van der Waals surface area contributed by atoms with Gasteiger partial charge in [-0.1, -0.05) is 13.3 Å². The van der Waals surface area contributed by atoms with Crippen molar-refractivity contribution in [3.05, 3.63) is 0 Å². The highest BCUT2D eigenvalue weighted by molar-refractivity contribution is 4.70. The lowest BCUT2D eigenvalue weighted by atomic mass is 10.2. The Kier molecular flexibility index (Phi) is 7.01. The molecule has 0 bridgehead atoms. The number of rotatable bonds is 7. The molecule has 1 heterocycles. The molecule has 1 rings (SSSR count). The van der Waals surface area contributed by atoms with Crippen molar-refractivity contribution in [2.24, 2.45) is 0 Å². The van der Waals surface area contributed by atoms with Gasteiger partial charge >= 0.3 is 0 Å². The van der Waals surface area contributed by atoms with Gasteiger partial charge in [-0.15, -0.1) is 0 Å². The Hall–Kier alpha value is -0.120. The molecule has 3 heteroatoms. The SMILES string of the molecule is CCCC(C)OCCCN1CCOC[C@H]1C. The zero-order valence-electron chi connectivity index (χ0n) is 11.1. The van der Waals surface area contributed by atoms with Crippen LogP contribution in [0.1, 0.15) is 40.0 Å². The summed E-state index contributed by atoms with van der Waals surface area (Å²) in [5.41, 5.74) is 0. The average molecular weight is 229 g/mol. The van der Waals surface area contributed by atoms with Crippen LogP contribution in [0.15, 0.2) is 0 Å². The molecule has 0 spiro atoms. The Morgan fingerprint density at radius 2 is 2.31 bits per heavy atom. The van der Waals surface area contributed by atoms with Gasteiger partial charge in [-0.05, 0) is 26.7 Å². The molecule has 0 N–H and O–H groups in total. The molecular weight excluding hydrogens is 202 g/mol. The van der Waals surface area contributed by atoms with E-state index in [-0.39, 0.29) is 0 Å². The van der Waals surface area contributed by atoms with E-state index < -0.39 is 0 Å². The standard InChI is InChI=1S/C13H27NO2/c1-4-6-13(3)16-9-5-7-14-8-10-15-11-12(14)2/h12-13H,4-11H2,1-3H3/t12-,13?/m1/s1. The van der Waals surface area contributed by atoms with Gasteiger partial charge in [0.15, 0.2) is 0 Å². The third kappa shape index (κ3) is 5.28. The second-order valence-corrected chi connectivity index (χ2v) is 4.78. The zero-order valence-corrected chi connectivity index (χ0v) is 11.1. The summed E-state index contributed by atoms with van der Waals surface area (Å²) < 4.78 is 11.2. The summed E-state index contributed by atoms with van der Waals surface area (Å²) in [5.74, 6) is 0. The second kappa shape index (κ2) is 8.04. The minimum absolute atomic E-state index is 0.423. The third-order valence-corrected chi connectivity index (χ3v) is 3.19. The maximum atomic E-state index is 5.75. The molecule has 1 saturated heterocycles. The third-order valence-electron chi connectivity index (χ3n) is 3.19. The van der Waals surface area contributed by atoms with Crippen LogP contribution < -0.4 is 0 Å². The van der Waals surface area contributed by atoms with Crippen LogP contribution in [-0.2, 0) is 9.47 Å². The number of nitrogens with zero attached hydrogens (tertiary/aromatic N) is 1. The first-order chi connectivity index (χ1) is 7.74. The molecular formula is C13H27NO2. The molecule has 1 fully saturated rings. The largest absolute Gasteiger partial charge is 0.379 e. The monoisotopic (exact) mass is 229 g/mol. The highest BCUT2D eigenvalue weighted by Crippen LogP contribution is 2.07. The van der Waals surface area contributed by atoms with Crippen molar-refractivity contribution in [1.82, 2.24) is 4.90 Å². The molecule has 0 radical (unpaired) electrons. The summed E-state index contributed by atoms with van der Waals surface area (Å²) in [7, 11) is 0. The molecule has 0 aromatic rings. The lowest BCUT2D eigenvalue weighted by Gasteiger charge is -2.33. The van der Waals surface area contributed by atoms with Gasteiger partial charge in [0.2, 0.25) is 0 Å².